The fraction of sp³-hybridized carbons (Fsp3) is 0.125. The molecule has 3 aromatic rings. The maximum absolute atomic E-state index is 12.9. The van der Waals surface area contributed by atoms with Crippen LogP contribution in [0.4, 0.5) is 13.2 Å². The minimum atomic E-state index is -4.43. The first kappa shape index (κ1) is 16.3. The molecule has 0 bridgehead atoms. The second kappa shape index (κ2) is 6.16. The number of halogens is 4. The van der Waals surface area contributed by atoms with Crippen molar-refractivity contribution in [2.75, 3.05) is 7.11 Å². The SMILES string of the molecule is COc1ccc(Cl)cc1-n1nncc1-c1cccc(C(F)(F)F)c1. The highest BCUT2D eigenvalue weighted by atomic mass is 35.5. The average Bonchev–Trinajstić information content (AvgIpc) is 3.03. The summed E-state index contributed by atoms with van der Waals surface area (Å²) in [4.78, 5) is 0. The van der Waals surface area contributed by atoms with Crippen LogP contribution in [0.3, 0.4) is 0 Å². The van der Waals surface area contributed by atoms with Gasteiger partial charge in [-0.2, -0.15) is 13.2 Å². The highest BCUT2D eigenvalue weighted by molar-refractivity contribution is 6.30. The number of aromatic nitrogens is 3. The molecule has 4 nitrogen and oxygen atoms in total. The Morgan fingerprint density at radius 2 is 1.92 bits per heavy atom. The number of hydrogen-bond acceptors (Lipinski definition) is 3. The molecule has 0 fully saturated rings. The lowest BCUT2D eigenvalue weighted by molar-refractivity contribution is -0.137. The Bertz CT molecular complexity index is 877. The van der Waals surface area contributed by atoms with Gasteiger partial charge in [-0.25, -0.2) is 4.68 Å². The predicted octanol–water partition coefficient (Wildman–Crippen LogP) is 4.62. The highest BCUT2D eigenvalue weighted by Crippen LogP contribution is 2.34. The molecule has 0 spiro atoms. The van der Waals surface area contributed by atoms with Crippen LogP contribution in [0.25, 0.3) is 16.9 Å². The van der Waals surface area contributed by atoms with Crippen LogP contribution >= 0.6 is 11.6 Å². The third-order valence-electron chi connectivity index (χ3n) is 3.40. The zero-order chi connectivity index (χ0) is 17.3. The van der Waals surface area contributed by atoms with Crippen LogP contribution in [0.1, 0.15) is 5.56 Å². The first-order valence-corrected chi connectivity index (χ1v) is 7.20. The molecule has 0 amide bonds. The van der Waals surface area contributed by atoms with Crippen LogP contribution in [0.5, 0.6) is 5.75 Å². The van der Waals surface area contributed by atoms with E-state index in [4.69, 9.17) is 16.3 Å². The fourth-order valence-electron chi connectivity index (χ4n) is 2.29. The van der Waals surface area contributed by atoms with E-state index < -0.39 is 11.7 Å². The number of hydrogen-bond donors (Lipinski definition) is 0. The van der Waals surface area contributed by atoms with Crippen molar-refractivity contribution in [2.45, 2.75) is 6.18 Å². The van der Waals surface area contributed by atoms with Crippen molar-refractivity contribution >= 4 is 11.6 Å². The van der Waals surface area contributed by atoms with Crippen LogP contribution in [0.2, 0.25) is 5.02 Å². The average molecular weight is 354 g/mol. The van der Waals surface area contributed by atoms with E-state index in [-0.39, 0.29) is 0 Å². The smallest absolute Gasteiger partial charge is 0.416 e. The predicted molar refractivity (Wildman–Crippen MR) is 83.4 cm³/mol. The molecule has 3 rings (SSSR count). The molecule has 0 saturated carbocycles. The summed E-state index contributed by atoms with van der Waals surface area (Å²) >= 11 is 6.01. The minimum Gasteiger partial charge on any atom is -0.494 e. The number of alkyl halides is 3. The topological polar surface area (TPSA) is 39.9 Å². The molecule has 0 saturated heterocycles. The third kappa shape index (κ3) is 3.07. The van der Waals surface area contributed by atoms with Crippen molar-refractivity contribution in [3.8, 4) is 22.7 Å². The number of nitrogens with zero attached hydrogens (tertiary/aromatic N) is 3. The Morgan fingerprint density at radius 3 is 2.62 bits per heavy atom. The Hall–Kier alpha value is -2.54. The van der Waals surface area contributed by atoms with Gasteiger partial charge >= 0.3 is 6.18 Å². The van der Waals surface area contributed by atoms with E-state index in [0.29, 0.717) is 27.7 Å². The van der Waals surface area contributed by atoms with Crippen molar-refractivity contribution in [1.29, 1.82) is 0 Å². The van der Waals surface area contributed by atoms with E-state index >= 15 is 0 Å². The van der Waals surface area contributed by atoms with Crippen LogP contribution in [0, 0.1) is 0 Å². The van der Waals surface area contributed by atoms with Crippen molar-refractivity contribution in [2.24, 2.45) is 0 Å². The van der Waals surface area contributed by atoms with Gasteiger partial charge in [0.2, 0.25) is 0 Å². The largest absolute Gasteiger partial charge is 0.494 e. The van der Waals surface area contributed by atoms with Gasteiger partial charge in [0, 0.05) is 10.6 Å². The van der Waals surface area contributed by atoms with E-state index in [1.807, 2.05) is 0 Å². The lowest BCUT2D eigenvalue weighted by atomic mass is 10.1. The molecule has 8 heteroatoms. The van der Waals surface area contributed by atoms with Crippen LogP contribution < -0.4 is 4.74 Å². The zero-order valence-corrected chi connectivity index (χ0v) is 13.1. The molecule has 1 aromatic heterocycles. The minimum absolute atomic E-state index is 0.330. The molecule has 0 unspecified atom stereocenters. The second-order valence-electron chi connectivity index (χ2n) is 4.93. The normalized spacial score (nSPS) is 11.5. The van der Waals surface area contributed by atoms with E-state index in [9.17, 15) is 13.2 Å². The molecule has 0 aliphatic carbocycles. The summed E-state index contributed by atoms with van der Waals surface area (Å²) in [6, 6.07) is 9.85. The van der Waals surface area contributed by atoms with Crippen molar-refractivity contribution in [3.05, 3.63) is 59.2 Å². The Morgan fingerprint density at radius 1 is 1.12 bits per heavy atom. The molecule has 124 valence electrons. The van der Waals surface area contributed by atoms with E-state index in [1.54, 1.807) is 24.3 Å². The van der Waals surface area contributed by atoms with Gasteiger partial charge in [-0.3, -0.25) is 0 Å². The lowest BCUT2D eigenvalue weighted by Gasteiger charge is -2.12. The Labute approximate surface area is 140 Å². The summed E-state index contributed by atoms with van der Waals surface area (Å²) in [5.74, 6) is 0.470. The van der Waals surface area contributed by atoms with Crippen molar-refractivity contribution < 1.29 is 17.9 Å². The summed E-state index contributed by atoms with van der Waals surface area (Å²) in [6.45, 7) is 0. The monoisotopic (exact) mass is 353 g/mol. The molecular weight excluding hydrogens is 343 g/mol. The molecular formula is C16H11ClF3N3O. The van der Waals surface area contributed by atoms with Gasteiger partial charge in [-0.15, -0.1) is 5.10 Å². The summed E-state index contributed by atoms with van der Waals surface area (Å²) < 4.78 is 45.4. The maximum atomic E-state index is 12.9. The van der Waals surface area contributed by atoms with Crippen LogP contribution in [-0.2, 0) is 6.18 Å². The van der Waals surface area contributed by atoms with Gasteiger partial charge in [0.1, 0.15) is 11.4 Å². The molecule has 1 heterocycles. The van der Waals surface area contributed by atoms with Crippen LogP contribution in [-0.4, -0.2) is 22.1 Å². The molecule has 0 aliphatic rings. The van der Waals surface area contributed by atoms with Gasteiger partial charge in [0.15, 0.2) is 0 Å². The Balaban J connectivity index is 2.14. The molecule has 0 N–H and O–H groups in total. The number of ether oxygens (including phenoxy) is 1. The van der Waals surface area contributed by atoms with Crippen molar-refractivity contribution in [3.63, 3.8) is 0 Å². The molecule has 2 aromatic carbocycles. The van der Waals surface area contributed by atoms with Gasteiger partial charge < -0.3 is 4.74 Å². The Kier molecular flexibility index (Phi) is 4.19. The highest BCUT2D eigenvalue weighted by Gasteiger charge is 2.30. The van der Waals surface area contributed by atoms with Gasteiger partial charge in [-0.1, -0.05) is 28.9 Å². The molecule has 0 atom stereocenters. The number of methoxy groups -OCH3 is 1. The maximum Gasteiger partial charge on any atom is 0.416 e. The molecule has 0 radical (unpaired) electrons. The van der Waals surface area contributed by atoms with E-state index in [2.05, 4.69) is 10.3 Å². The molecule has 24 heavy (non-hydrogen) atoms. The second-order valence-corrected chi connectivity index (χ2v) is 5.36. The van der Waals surface area contributed by atoms with Gasteiger partial charge in [0.25, 0.3) is 0 Å². The van der Waals surface area contributed by atoms with Gasteiger partial charge in [-0.05, 0) is 30.3 Å². The van der Waals surface area contributed by atoms with E-state index in [1.165, 1.54) is 24.1 Å². The van der Waals surface area contributed by atoms with Crippen molar-refractivity contribution in [1.82, 2.24) is 15.0 Å². The summed E-state index contributed by atoms with van der Waals surface area (Å²) in [5, 5.41) is 8.20. The molecule has 0 aliphatic heterocycles. The fourth-order valence-corrected chi connectivity index (χ4v) is 2.46. The lowest BCUT2D eigenvalue weighted by Crippen LogP contribution is -2.06. The standard InChI is InChI=1S/C16H11ClF3N3O/c1-24-15-6-5-12(17)8-13(15)23-14(9-21-22-23)10-3-2-4-11(7-10)16(18,19)20/h2-9H,1H3. The third-order valence-corrected chi connectivity index (χ3v) is 3.64. The summed E-state index contributed by atoms with van der Waals surface area (Å²) in [6.07, 6.45) is -3.04. The summed E-state index contributed by atoms with van der Waals surface area (Å²) in [5.41, 5.74) is 0.458. The number of benzene rings is 2. The quantitative estimate of drug-likeness (QED) is 0.690. The first-order valence-electron chi connectivity index (χ1n) is 6.82. The van der Waals surface area contributed by atoms with Crippen LogP contribution in [0.15, 0.2) is 48.7 Å². The number of rotatable bonds is 3. The first-order chi connectivity index (χ1) is 11.4. The summed E-state index contributed by atoms with van der Waals surface area (Å²) in [7, 11) is 1.48. The van der Waals surface area contributed by atoms with E-state index in [0.717, 1.165) is 12.1 Å². The zero-order valence-electron chi connectivity index (χ0n) is 12.4. The van der Waals surface area contributed by atoms with Gasteiger partial charge in [0.05, 0.1) is 24.6 Å².